The van der Waals surface area contributed by atoms with Crippen LogP contribution in [0, 0.1) is 19.8 Å². The molecule has 0 spiro atoms. The van der Waals surface area contributed by atoms with E-state index in [4.69, 9.17) is 0 Å². The summed E-state index contributed by atoms with van der Waals surface area (Å²) >= 11 is 0. The van der Waals surface area contributed by atoms with Crippen LogP contribution in [0.5, 0.6) is 0 Å². The third-order valence-corrected chi connectivity index (χ3v) is 4.82. The minimum atomic E-state index is -5.93. The normalized spacial score (nSPS) is 17.0. The van der Waals surface area contributed by atoms with Gasteiger partial charge in [-0.05, 0) is 31.9 Å². The molecule has 0 aromatic carbocycles. The van der Waals surface area contributed by atoms with Gasteiger partial charge in [-0.3, -0.25) is 14.5 Å². The lowest BCUT2D eigenvalue weighted by Crippen LogP contribution is -2.38. The van der Waals surface area contributed by atoms with Crippen molar-refractivity contribution in [2.24, 2.45) is 5.92 Å². The number of carbonyl (C=O) groups is 1. The van der Waals surface area contributed by atoms with Crippen molar-refractivity contribution in [3.63, 3.8) is 0 Å². The molecule has 0 bridgehead atoms. The highest BCUT2D eigenvalue weighted by molar-refractivity contribution is 6.04. The topological polar surface area (TPSA) is 59.8 Å². The van der Waals surface area contributed by atoms with E-state index in [9.17, 15) is 35.5 Å². The summed E-state index contributed by atoms with van der Waals surface area (Å²) in [5.41, 5.74) is -2.08. The van der Waals surface area contributed by atoms with Crippen LogP contribution in [0.1, 0.15) is 40.3 Å². The van der Waals surface area contributed by atoms with Crippen LogP contribution in [0.3, 0.4) is 0 Å². The zero-order valence-electron chi connectivity index (χ0n) is 15.8. The number of halogens is 7. The molecule has 5 nitrogen and oxygen atoms in total. The number of nitrogens with zero attached hydrogens (tertiary/aromatic N) is 3. The summed E-state index contributed by atoms with van der Waals surface area (Å²) in [5, 5.41) is 5.72. The second-order valence-electron chi connectivity index (χ2n) is 7.35. The van der Waals surface area contributed by atoms with Gasteiger partial charge < -0.3 is 5.32 Å². The maximum Gasteiger partial charge on any atom is 0.459 e. The first-order valence-electron chi connectivity index (χ1n) is 8.85. The minimum Gasteiger partial charge on any atom is -0.321 e. The number of amides is 1. The number of rotatable bonds is 5. The Labute approximate surface area is 166 Å². The van der Waals surface area contributed by atoms with Gasteiger partial charge in [0.1, 0.15) is 11.4 Å². The van der Waals surface area contributed by atoms with Crippen molar-refractivity contribution in [1.29, 1.82) is 0 Å². The molecule has 2 heterocycles. The second kappa shape index (κ2) is 7.24. The maximum absolute atomic E-state index is 14.0. The van der Waals surface area contributed by atoms with Crippen LogP contribution in [0.2, 0.25) is 0 Å². The van der Waals surface area contributed by atoms with Crippen molar-refractivity contribution < 1.29 is 35.5 Å². The molecule has 1 aliphatic rings. The Kier molecular flexibility index (Phi) is 5.32. The number of aryl methyl sites for hydroxylation is 1. The Morgan fingerprint density at radius 1 is 1.23 bits per heavy atom. The number of nitrogens with one attached hydrogen (secondary N) is 1. The van der Waals surface area contributed by atoms with Crippen LogP contribution >= 0.6 is 0 Å². The van der Waals surface area contributed by atoms with E-state index in [0.29, 0.717) is 10.4 Å². The fraction of sp³-hybridized carbons (Fsp3) is 0.500. The molecule has 30 heavy (non-hydrogen) atoms. The van der Waals surface area contributed by atoms with Crippen molar-refractivity contribution in [2.75, 3.05) is 5.32 Å². The van der Waals surface area contributed by atoms with Crippen molar-refractivity contribution >= 4 is 11.6 Å². The Bertz CT molecular complexity index is 960. The molecule has 0 aliphatic heterocycles. The zero-order chi connectivity index (χ0) is 22.5. The van der Waals surface area contributed by atoms with E-state index in [1.54, 1.807) is 6.92 Å². The van der Waals surface area contributed by atoms with Gasteiger partial charge in [0.15, 0.2) is 0 Å². The number of pyridine rings is 1. The average molecular weight is 438 g/mol. The predicted molar refractivity (Wildman–Crippen MR) is 91.5 cm³/mol. The fourth-order valence-corrected chi connectivity index (χ4v) is 3.38. The standard InChI is InChI=1S/C18H17F7N4O/c1-9-5-12(3-4-26-9)27-15(30)13-10(2)14(17(21,22)18(23,24)25)28-29(13)8-11-6-16(19,20)7-11/h3-5,11H,6-8H2,1-2H3,(H,26,27,30). The van der Waals surface area contributed by atoms with Crippen LogP contribution < -0.4 is 5.32 Å². The molecular formula is C18H17F7N4O. The lowest BCUT2D eigenvalue weighted by molar-refractivity contribution is -0.291. The van der Waals surface area contributed by atoms with E-state index < -0.39 is 59.6 Å². The van der Waals surface area contributed by atoms with Gasteiger partial charge in [0.05, 0.1) is 0 Å². The summed E-state index contributed by atoms with van der Waals surface area (Å²) in [6.07, 6.45) is -5.70. The van der Waals surface area contributed by atoms with Crippen LogP contribution in [0.25, 0.3) is 0 Å². The summed E-state index contributed by atoms with van der Waals surface area (Å²) in [5.74, 6) is -9.93. The van der Waals surface area contributed by atoms with Crippen molar-refractivity contribution in [2.45, 2.75) is 51.3 Å². The van der Waals surface area contributed by atoms with Crippen molar-refractivity contribution in [1.82, 2.24) is 14.8 Å². The van der Waals surface area contributed by atoms with Gasteiger partial charge in [-0.1, -0.05) is 0 Å². The minimum absolute atomic E-state index is 0.235. The number of anilines is 1. The molecule has 164 valence electrons. The Morgan fingerprint density at radius 2 is 1.87 bits per heavy atom. The smallest absolute Gasteiger partial charge is 0.321 e. The third kappa shape index (κ3) is 4.12. The molecule has 0 unspecified atom stereocenters. The number of hydrogen-bond donors (Lipinski definition) is 1. The number of hydrogen-bond acceptors (Lipinski definition) is 3. The summed E-state index contributed by atoms with van der Waals surface area (Å²) in [6.45, 7) is 2.16. The molecule has 2 aromatic heterocycles. The van der Waals surface area contributed by atoms with Gasteiger partial charge in [0, 0.05) is 42.5 Å². The van der Waals surface area contributed by atoms with Gasteiger partial charge in [-0.2, -0.15) is 27.1 Å². The molecule has 0 saturated heterocycles. The quantitative estimate of drug-likeness (QED) is 0.680. The van der Waals surface area contributed by atoms with E-state index in [-0.39, 0.29) is 12.2 Å². The molecule has 0 atom stereocenters. The van der Waals surface area contributed by atoms with Gasteiger partial charge in [-0.25, -0.2) is 8.78 Å². The molecule has 1 fully saturated rings. The van der Waals surface area contributed by atoms with E-state index >= 15 is 0 Å². The monoisotopic (exact) mass is 438 g/mol. The highest BCUT2D eigenvalue weighted by atomic mass is 19.4. The molecule has 0 radical (unpaired) electrons. The lowest BCUT2D eigenvalue weighted by atomic mass is 9.81. The van der Waals surface area contributed by atoms with Crippen LogP contribution in [0.4, 0.5) is 36.4 Å². The van der Waals surface area contributed by atoms with Crippen LogP contribution in [-0.4, -0.2) is 32.8 Å². The molecule has 12 heteroatoms. The van der Waals surface area contributed by atoms with E-state index in [1.807, 2.05) is 0 Å². The molecule has 1 aliphatic carbocycles. The molecule has 2 aromatic rings. The third-order valence-electron chi connectivity index (χ3n) is 4.82. The second-order valence-corrected chi connectivity index (χ2v) is 7.35. The molecule has 1 saturated carbocycles. The predicted octanol–water partition coefficient (Wildman–Crippen LogP) is 4.85. The number of carbonyl (C=O) groups excluding carboxylic acids is 1. The molecular weight excluding hydrogens is 421 g/mol. The van der Waals surface area contributed by atoms with Crippen LogP contribution in [-0.2, 0) is 12.5 Å². The first kappa shape index (κ1) is 22.0. The summed E-state index contributed by atoms with van der Waals surface area (Å²) < 4.78 is 93.4. The highest BCUT2D eigenvalue weighted by Gasteiger charge is 2.61. The SMILES string of the molecule is Cc1cc(NC(=O)c2c(C)c(C(F)(F)C(F)(F)F)nn2CC2CC(F)(F)C2)ccn1. The van der Waals surface area contributed by atoms with Gasteiger partial charge >= 0.3 is 12.1 Å². The Hall–Kier alpha value is -2.66. The zero-order valence-corrected chi connectivity index (χ0v) is 15.8. The molecule has 3 rings (SSSR count). The van der Waals surface area contributed by atoms with Crippen molar-refractivity contribution in [3.05, 3.63) is 41.0 Å². The van der Waals surface area contributed by atoms with Gasteiger partial charge in [0.2, 0.25) is 5.92 Å². The largest absolute Gasteiger partial charge is 0.459 e. The number of alkyl halides is 7. The summed E-state index contributed by atoms with van der Waals surface area (Å²) in [7, 11) is 0. The molecule has 1 N–H and O–H groups in total. The Morgan fingerprint density at radius 3 is 2.40 bits per heavy atom. The van der Waals surface area contributed by atoms with E-state index in [2.05, 4.69) is 15.4 Å². The molecule has 1 amide bonds. The van der Waals surface area contributed by atoms with Gasteiger partial charge in [-0.15, -0.1) is 0 Å². The van der Waals surface area contributed by atoms with Gasteiger partial charge in [0.25, 0.3) is 5.91 Å². The summed E-state index contributed by atoms with van der Waals surface area (Å²) in [4.78, 5) is 16.6. The first-order chi connectivity index (χ1) is 13.7. The number of aromatic nitrogens is 3. The van der Waals surface area contributed by atoms with E-state index in [0.717, 1.165) is 6.92 Å². The average Bonchev–Trinajstić information content (AvgIpc) is 2.89. The maximum atomic E-state index is 14.0. The fourth-order valence-electron chi connectivity index (χ4n) is 3.38. The summed E-state index contributed by atoms with van der Waals surface area (Å²) in [6, 6.07) is 2.87. The van der Waals surface area contributed by atoms with Crippen LogP contribution in [0.15, 0.2) is 18.3 Å². The lowest BCUT2D eigenvalue weighted by Gasteiger charge is -2.35. The van der Waals surface area contributed by atoms with Crippen molar-refractivity contribution in [3.8, 4) is 0 Å². The van der Waals surface area contributed by atoms with E-state index in [1.165, 1.54) is 18.3 Å². The highest BCUT2D eigenvalue weighted by Crippen LogP contribution is 2.46. The first-order valence-corrected chi connectivity index (χ1v) is 8.85. The Balaban J connectivity index is 1.99.